The number of anilines is 2. The van der Waals surface area contributed by atoms with Gasteiger partial charge in [-0.05, 0) is 12.1 Å². The van der Waals surface area contributed by atoms with Gasteiger partial charge in [0.2, 0.25) is 0 Å². The lowest BCUT2D eigenvalue weighted by molar-refractivity contribution is -0.137. The summed E-state index contributed by atoms with van der Waals surface area (Å²) in [4.78, 5) is 3.72. The van der Waals surface area contributed by atoms with Crippen molar-refractivity contribution < 1.29 is 17.9 Å². The second kappa shape index (κ2) is 5.91. The standard InChI is InChI=1S/C12H13F3N4O/c1-20-5-4-19-8-10(7-17-19)18-11-3-2-9(6-16-11)12(13,14)15/h2-3,6-8H,4-5H2,1H3,(H,16,18). The fourth-order valence-electron chi connectivity index (χ4n) is 1.52. The Balaban J connectivity index is 2.01. The van der Waals surface area contributed by atoms with Gasteiger partial charge in [-0.25, -0.2) is 4.98 Å². The largest absolute Gasteiger partial charge is 0.417 e. The van der Waals surface area contributed by atoms with Gasteiger partial charge in [-0.2, -0.15) is 18.3 Å². The number of ether oxygens (including phenoxy) is 1. The van der Waals surface area contributed by atoms with E-state index in [0.29, 0.717) is 24.7 Å². The van der Waals surface area contributed by atoms with Crippen molar-refractivity contribution >= 4 is 11.5 Å². The van der Waals surface area contributed by atoms with E-state index in [1.165, 1.54) is 6.07 Å². The molecule has 108 valence electrons. The molecule has 0 aliphatic rings. The van der Waals surface area contributed by atoms with Crippen LogP contribution >= 0.6 is 0 Å². The number of nitrogens with one attached hydrogen (secondary N) is 1. The highest BCUT2D eigenvalue weighted by atomic mass is 19.4. The Morgan fingerprint density at radius 2 is 2.10 bits per heavy atom. The molecule has 2 aromatic rings. The first-order valence-electron chi connectivity index (χ1n) is 5.81. The van der Waals surface area contributed by atoms with Gasteiger partial charge in [0, 0.05) is 19.5 Å². The van der Waals surface area contributed by atoms with Crippen LogP contribution in [0.1, 0.15) is 5.56 Å². The molecule has 0 aromatic carbocycles. The van der Waals surface area contributed by atoms with Gasteiger partial charge in [0.05, 0.1) is 30.6 Å². The molecule has 0 aliphatic heterocycles. The quantitative estimate of drug-likeness (QED) is 0.918. The van der Waals surface area contributed by atoms with E-state index in [1.807, 2.05) is 0 Å². The predicted octanol–water partition coefficient (Wildman–Crippen LogP) is 2.69. The molecule has 2 rings (SSSR count). The van der Waals surface area contributed by atoms with Gasteiger partial charge in [0.25, 0.3) is 0 Å². The van der Waals surface area contributed by atoms with Crippen LogP contribution in [0.5, 0.6) is 0 Å². The number of halogens is 3. The molecule has 0 saturated carbocycles. The molecular weight excluding hydrogens is 273 g/mol. The summed E-state index contributed by atoms with van der Waals surface area (Å²) in [6, 6.07) is 2.25. The van der Waals surface area contributed by atoms with Crippen molar-refractivity contribution in [2.24, 2.45) is 0 Å². The van der Waals surface area contributed by atoms with Crippen LogP contribution in [0.4, 0.5) is 24.7 Å². The summed E-state index contributed by atoms with van der Waals surface area (Å²) < 4.78 is 43.7. The maximum atomic E-state index is 12.4. The average molecular weight is 286 g/mol. The zero-order valence-electron chi connectivity index (χ0n) is 10.7. The number of pyridine rings is 1. The summed E-state index contributed by atoms with van der Waals surface area (Å²) in [6.45, 7) is 1.12. The Hall–Kier alpha value is -2.09. The van der Waals surface area contributed by atoms with Crippen LogP contribution in [0.2, 0.25) is 0 Å². The van der Waals surface area contributed by atoms with E-state index in [4.69, 9.17) is 4.74 Å². The molecule has 20 heavy (non-hydrogen) atoms. The number of methoxy groups -OCH3 is 1. The highest BCUT2D eigenvalue weighted by Crippen LogP contribution is 2.29. The molecule has 2 heterocycles. The smallest absolute Gasteiger partial charge is 0.383 e. The van der Waals surface area contributed by atoms with Crippen molar-refractivity contribution in [2.75, 3.05) is 19.0 Å². The SMILES string of the molecule is COCCn1cc(Nc2ccc(C(F)(F)F)cn2)cn1. The van der Waals surface area contributed by atoms with Gasteiger partial charge in [-0.15, -0.1) is 0 Å². The van der Waals surface area contributed by atoms with Crippen LogP contribution in [-0.4, -0.2) is 28.5 Å². The predicted molar refractivity (Wildman–Crippen MR) is 66.6 cm³/mol. The molecule has 0 aliphatic carbocycles. The van der Waals surface area contributed by atoms with Gasteiger partial charge in [-0.1, -0.05) is 0 Å². The minimum absolute atomic E-state index is 0.323. The van der Waals surface area contributed by atoms with Crippen LogP contribution in [0.3, 0.4) is 0 Å². The molecule has 0 saturated heterocycles. The number of alkyl halides is 3. The maximum Gasteiger partial charge on any atom is 0.417 e. The van der Waals surface area contributed by atoms with Crippen LogP contribution in [0.25, 0.3) is 0 Å². The average Bonchev–Trinajstić information content (AvgIpc) is 2.83. The minimum atomic E-state index is -4.38. The fraction of sp³-hybridized carbons (Fsp3) is 0.333. The molecule has 0 radical (unpaired) electrons. The first kappa shape index (κ1) is 14.3. The molecule has 0 atom stereocenters. The minimum Gasteiger partial charge on any atom is -0.383 e. The first-order chi connectivity index (χ1) is 9.49. The van der Waals surface area contributed by atoms with Crippen LogP contribution < -0.4 is 5.32 Å². The number of hydrogen-bond acceptors (Lipinski definition) is 4. The second-order valence-corrected chi connectivity index (χ2v) is 4.04. The molecule has 0 fully saturated rings. The van der Waals surface area contributed by atoms with Crippen molar-refractivity contribution in [3.8, 4) is 0 Å². The summed E-state index contributed by atoms with van der Waals surface area (Å²) in [5.74, 6) is 0.323. The molecule has 0 bridgehead atoms. The molecule has 0 unspecified atom stereocenters. The van der Waals surface area contributed by atoms with Crippen molar-refractivity contribution in [3.63, 3.8) is 0 Å². The number of rotatable bonds is 5. The van der Waals surface area contributed by atoms with Gasteiger partial charge in [0.15, 0.2) is 0 Å². The van der Waals surface area contributed by atoms with Gasteiger partial charge in [0.1, 0.15) is 5.82 Å². The Bertz CT molecular complexity index is 551. The van der Waals surface area contributed by atoms with Crippen LogP contribution in [0, 0.1) is 0 Å². The van der Waals surface area contributed by atoms with E-state index in [0.717, 1.165) is 12.3 Å². The summed E-state index contributed by atoms with van der Waals surface area (Å²) in [5.41, 5.74) is -0.132. The molecule has 8 heteroatoms. The zero-order chi connectivity index (χ0) is 14.6. The van der Waals surface area contributed by atoms with Crippen LogP contribution in [-0.2, 0) is 17.5 Å². The highest BCUT2D eigenvalue weighted by Gasteiger charge is 2.30. The Morgan fingerprint density at radius 1 is 1.30 bits per heavy atom. The third-order valence-electron chi connectivity index (χ3n) is 2.52. The summed E-state index contributed by atoms with van der Waals surface area (Å²) in [6.07, 6.45) is -0.304. The van der Waals surface area contributed by atoms with E-state index in [-0.39, 0.29) is 0 Å². The molecule has 5 nitrogen and oxygen atoms in total. The third kappa shape index (κ3) is 3.70. The second-order valence-electron chi connectivity index (χ2n) is 4.04. The maximum absolute atomic E-state index is 12.4. The Kier molecular flexibility index (Phi) is 4.23. The molecular formula is C12H13F3N4O. The number of hydrogen-bond donors (Lipinski definition) is 1. The lowest BCUT2D eigenvalue weighted by Crippen LogP contribution is -2.05. The lowest BCUT2D eigenvalue weighted by Gasteiger charge is -2.07. The molecule has 0 spiro atoms. The molecule has 2 aromatic heterocycles. The fourth-order valence-corrected chi connectivity index (χ4v) is 1.52. The van der Waals surface area contributed by atoms with Crippen molar-refractivity contribution in [3.05, 3.63) is 36.3 Å². The summed E-state index contributed by atoms with van der Waals surface area (Å²) in [7, 11) is 1.59. The summed E-state index contributed by atoms with van der Waals surface area (Å²) >= 11 is 0. The van der Waals surface area contributed by atoms with Gasteiger partial charge < -0.3 is 10.1 Å². The van der Waals surface area contributed by atoms with Crippen LogP contribution in [0.15, 0.2) is 30.7 Å². The number of nitrogens with zero attached hydrogens (tertiary/aromatic N) is 3. The monoisotopic (exact) mass is 286 g/mol. The molecule has 1 N–H and O–H groups in total. The molecule has 0 amide bonds. The Morgan fingerprint density at radius 3 is 2.70 bits per heavy atom. The first-order valence-corrected chi connectivity index (χ1v) is 5.81. The van der Waals surface area contributed by atoms with E-state index >= 15 is 0 Å². The number of aromatic nitrogens is 3. The van der Waals surface area contributed by atoms with E-state index in [1.54, 1.807) is 24.2 Å². The van der Waals surface area contributed by atoms with Gasteiger partial charge >= 0.3 is 6.18 Å². The Labute approximate surface area is 113 Å². The summed E-state index contributed by atoms with van der Waals surface area (Å²) in [5, 5.41) is 6.95. The van der Waals surface area contributed by atoms with E-state index < -0.39 is 11.7 Å². The van der Waals surface area contributed by atoms with Gasteiger partial charge in [-0.3, -0.25) is 4.68 Å². The van der Waals surface area contributed by atoms with E-state index in [9.17, 15) is 13.2 Å². The topological polar surface area (TPSA) is 52.0 Å². The highest BCUT2D eigenvalue weighted by molar-refractivity contribution is 5.53. The van der Waals surface area contributed by atoms with Crippen molar-refractivity contribution in [1.82, 2.24) is 14.8 Å². The third-order valence-corrected chi connectivity index (χ3v) is 2.52. The lowest BCUT2D eigenvalue weighted by atomic mass is 10.3. The normalized spacial score (nSPS) is 11.6. The van der Waals surface area contributed by atoms with Crippen molar-refractivity contribution in [1.29, 1.82) is 0 Å². The zero-order valence-corrected chi connectivity index (χ0v) is 10.7. The van der Waals surface area contributed by atoms with Crippen molar-refractivity contribution in [2.45, 2.75) is 12.7 Å². The van der Waals surface area contributed by atoms with E-state index in [2.05, 4.69) is 15.4 Å².